The second-order valence-electron chi connectivity index (χ2n) is 7.04. The van der Waals surface area contributed by atoms with Gasteiger partial charge in [0.25, 0.3) is 0 Å². The lowest BCUT2D eigenvalue weighted by atomic mass is 9.76. The molecule has 0 aromatic heterocycles. The maximum Gasteiger partial charge on any atom is 0.226 e. The van der Waals surface area contributed by atoms with Crippen molar-refractivity contribution in [1.29, 1.82) is 0 Å². The Kier molecular flexibility index (Phi) is 4.01. The van der Waals surface area contributed by atoms with E-state index in [1.165, 1.54) is 12.0 Å². The molecule has 4 rings (SSSR count). The standard InChI is InChI=1S/C21H23NO2/c23-17-12-10-16(11-13-17)20-18-8-4-5-9-19(18)21(24)22(20)14-15-6-2-1-3-7-15/h1-3,6-7,10-13,18-20,23H,4-5,8-9,14H2/t18?,19?,20-/m0/s1. The van der Waals surface area contributed by atoms with Gasteiger partial charge in [0, 0.05) is 12.5 Å². The Labute approximate surface area is 142 Å². The summed E-state index contributed by atoms with van der Waals surface area (Å²) >= 11 is 0. The molecular formula is C21H23NO2. The van der Waals surface area contributed by atoms with Crippen molar-refractivity contribution in [3.05, 3.63) is 65.7 Å². The third-order valence-electron chi connectivity index (χ3n) is 5.59. The summed E-state index contributed by atoms with van der Waals surface area (Å²) in [5, 5.41) is 9.60. The summed E-state index contributed by atoms with van der Waals surface area (Å²) in [6.45, 7) is 0.665. The molecule has 1 saturated heterocycles. The number of nitrogens with zero attached hydrogens (tertiary/aromatic N) is 1. The summed E-state index contributed by atoms with van der Waals surface area (Å²) in [6.07, 6.45) is 4.51. The first-order valence-electron chi connectivity index (χ1n) is 8.87. The molecule has 2 aromatic rings. The molecule has 0 bridgehead atoms. The minimum atomic E-state index is 0.128. The molecule has 0 radical (unpaired) electrons. The minimum Gasteiger partial charge on any atom is -0.508 e. The van der Waals surface area contributed by atoms with E-state index in [-0.39, 0.29) is 17.7 Å². The molecule has 1 saturated carbocycles. The van der Waals surface area contributed by atoms with E-state index in [0.29, 0.717) is 18.4 Å². The van der Waals surface area contributed by atoms with Gasteiger partial charge in [-0.1, -0.05) is 55.3 Å². The first-order valence-corrected chi connectivity index (χ1v) is 8.87. The highest BCUT2D eigenvalue weighted by atomic mass is 16.3. The van der Waals surface area contributed by atoms with Crippen molar-refractivity contribution in [3.8, 4) is 5.75 Å². The Hall–Kier alpha value is -2.29. The van der Waals surface area contributed by atoms with E-state index in [4.69, 9.17) is 0 Å². The molecule has 2 aliphatic rings. The molecule has 2 aromatic carbocycles. The van der Waals surface area contributed by atoms with Crippen molar-refractivity contribution < 1.29 is 9.90 Å². The number of hydrogen-bond donors (Lipinski definition) is 1. The summed E-state index contributed by atoms with van der Waals surface area (Å²) in [5.74, 6) is 1.15. The molecule has 1 aliphatic heterocycles. The molecular weight excluding hydrogens is 298 g/mol. The lowest BCUT2D eigenvalue weighted by Gasteiger charge is -2.30. The quantitative estimate of drug-likeness (QED) is 0.916. The van der Waals surface area contributed by atoms with Crippen LogP contribution in [0.4, 0.5) is 0 Å². The molecule has 3 nitrogen and oxygen atoms in total. The second kappa shape index (κ2) is 6.31. The number of phenolic OH excluding ortho intramolecular Hbond substituents is 1. The lowest BCUT2D eigenvalue weighted by Crippen LogP contribution is -2.29. The average Bonchev–Trinajstić information content (AvgIpc) is 2.89. The molecule has 1 heterocycles. The van der Waals surface area contributed by atoms with Crippen LogP contribution in [0.25, 0.3) is 0 Å². The van der Waals surface area contributed by atoms with E-state index in [0.717, 1.165) is 24.8 Å². The van der Waals surface area contributed by atoms with E-state index >= 15 is 0 Å². The molecule has 1 N–H and O–H groups in total. The summed E-state index contributed by atoms with van der Waals surface area (Å²) in [7, 11) is 0. The number of amides is 1. The van der Waals surface area contributed by atoms with Crippen LogP contribution in [0.2, 0.25) is 0 Å². The van der Waals surface area contributed by atoms with Crippen LogP contribution in [-0.4, -0.2) is 15.9 Å². The molecule has 1 amide bonds. The highest BCUT2D eigenvalue weighted by Gasteiger charge is 2.48. The first kappa shape index (κ1) is 15.3. The Morgan fingerprint density at radius 1 is 0.958 bits per heavy atom. The van der Waals surface area contributed by atoms with Gasteiger partial charge in [0.05, 0.1) is 6.04 Å². The van der Waals surface area contributed by atoms with Gasteiger partial charge in [-0.05, 0) is 42.0 Å². The zero-order valence-electron chi connectivity index (χ0n) is 13.8. The van der Waals surface area contributed by atoms with E-state index < -0.39 is 0 Å². The minimum absolute atomic E-state index is 0.128. The van der Waals surface area contributed by atoms with Crippen LogP contribution in [0.5, 0.6) is 5.75 Å². The van der Waals surface area contributed by atoms with Gasteiger partial charge >= 0.3 is 0 Å². The van der Waals surface area contributed by atoms with Crippen molar-refractivity contribution >= 4 is 5.91 Å². The van der Waals surface area contributed by atoms with Crippen LogP contribution in [-0.2, 0) is 11.3 Å². The third kappa shape index (κ3) is 2.68. The van der Waals surface area contributed by atoms with Gasteiger partial charge in [0.15, 0.2) is 0 Å². The maximum atomic E-state index is 13.1. The number of carbonyl (C=O) groups is 1. The van der Waals surface area contributed by atoms with Crippen molar-refractivity contribution in [2.24, 2.45) is 11.8 Å². The molecule has 2 fully saturated rings. The first-order chi connectivity index (χ1) is 11.7. The maximum absolute atomic E-state index is 13.1. The Balaban J connectivity index is 1.70. The fraction of sp³-hybridized carbons (Fsp3) is 0.381. The summed E-state index contributed by atoms with van der Waals surface area (Å²) in [4.78, 5) is 15.1. The smallest absolute Gasteiger partial charge is 0.226 e. The van der Waals surface area contributed by atoms with Gasteiger partial charge in [-0.2, -0.15) is 0 Å². The van der Waals surface area contributed by atoms with Crippen LogP contribution < -0.4 is 0 Å². The Bertz CT molecular complexity index is 710. The highest BCUT2D eigenvalue weighted by molar-refractivity contribution is 5.82. The number of benzene rings is 2. The van der Waals surface area contributed by atoms with Crippen LogP contribution in [0.3, 0.4) is 0 Å². The van der Waals surface area contributed by atoms with Gasteiger partial charge in [-0.3, -0.25) is 4.79 Å². The summed E-state index contributed by atoms with van der Waals surface area (Å²) in [6, 6.07) is 17.8. The number of likely N-dealkylation sites (tertiary alicyclic amines) is 1. The molecule has 0 spiro atoms. The fourth-order valence-corrected chi connectivity index (χ4v) is 4.48. The van der Waals surface area contributed by atoms with Crippen LogP contribution in [0.15, 0.2) is 54.6 Å². The predicted octanol–water partition coefficient (Wildman–Crippen LogP) is 4.28. The van der Waals surface area contributed by atoms with E-state index in [9.17, 15) is 9.90 Å². The zero-order chi connectivity index (χ0) is 16.5. The van der Waals surface area contributed by atoms with Gasteiger partial charge < -0.3 is 10.0 Å². The Morgan fingerprint density at radius 2 is 1.67 bits per heavy atom. The molecule has 1 aliphatic carbocycles. The largest absolute Gasteiger partial charge is 0.508 e. The molecule has 24 heavy (non-hydrogen) atoms. The lowest BCUT2D eigenvalue weighted by molar-refractivity contribution is -0.133. The van der Waals surface area contributed by atoms with Crippen molar-refractivity contribution in [2.75, 3.05) is 0 Å². The van der Waals surface area contributed by atoms with E-state index in [1.807, 2.05) is 30.3 Å². The van der Waals surface area contributed by atoms with Crippen molar-refractivity contribution in [2.45, 2.75) is 38.3 Å². The Morgan fingerprint density at radius 3 is 2.42 bits per heavy atom. The number of phenols is 1. The summed E-state index contributed by atoms with van der Waals surface area (Å²) < 4.78 is 0. The van der Waals surface area contributed by atoms with E-state index in [2.05, 4.69) is 17.0 Å². The zero-order valence-corrected chi connectivity index (χ0v) is 13.8. The number of fused-ring (bicyclic) bond motifs is 1. The van der Waals surface area contributed by atoms with Crippen LogP contribution in [0, 0.1) is 11.8 Å². The molecule has 3 atom stereocenters. The molecule has 3 heteroatoms. The second-order valence-corrected chi connectivity index (χ2v) is 7.04. The highest BCUT2D eigenvalue weighted by Crippen LogP contribution is 2.49. The number of hydrogen-bond acceptors (Lipinski definition) is 2. The number of carbonyl (C=O) groups excluding carboxylic acids is 1. The SMILES string of the molecule is O=C1C2CCCCC2[C@H](c2ccc(O)cc2)N1Cc1ccccc1. The number of rotatable bonds is 3. The van der Waals surface area contributed by atoms with Crippen LogP contribution >= 0.6 is 0 Å². The molecule has 124 valence electrons. The average molecular weight is 321 g/mol. The van der Waals surface area contributed by atoms with Gasteiger partial charge in [-0.15, -0.1) is 0 Å². The predicted molar refractivity (Wildman–Crippen MR) is 93.3 cm³/mol. The number of aromatic hydroxyl groups is 1. The third-order valence-corrected chi connectivity index (χ3v) is 5.59. The van der Waals surface area contributed by atoms with Crippen molar-refractivity contribution in [3.63, 3.8) is 0 Å². The monoisotopic (exact) mass is 321 g/mol. The van der Waals surface area contributed by atoms with Crippen LogP contribution in [0.1, 0.15) is 42.9 Å². The fourth-order valence-electron chi connectivity index (χ4n) is 4.48. The van der Waals surface area contributed by atoms with Crippen molar-refractivity contribution in [1.82, 2.24) is 4.90 Å². The molecule has 2 unspecified atom stereocenters. The van der Waals surface area contributed by atoms with Gasteiger partial charge in [0.2, 0.25) is 5.91 Å². The summed E-state index contributed by atoms with van der Waals surface area (Å²) in [5.41, 5.74) is 2.32. The van der Waals surface area contributed by atoms with Gasteiger partial charge in [-0.25, -0.2) is 0 Å². The van der Waals surface area contributed by atoms with E-state index in [1.54, 1.807) is 12.1 Å². The van der Waals surface area contributed by atoms with Gasteiger partial charge in [0.1, 0.15) is 5.75 Å². The topological polar surface area (TPSA) is 40.5 Å². The normalized spacial score (nSPS) is 26.4.